The zero-order chi connectivity index (χ0) is 14.8. The van der Waals surface area contributed by atoms with Crippen molar-refractivity contribution < 1.29 is 9.32 Å². The van der Waals surface area contributed by atoms with Crippen LogP contribution in [0.3, 0.4) is 0 Å². The third-order valence-corrected chi connectivity index (χ3v) is 3.55. The van der Waals surface area contributed by atoms with Gasteiger partial charge in [-0.15, -0.1) is 0 Å². The van der Waals surface area contributed by atoms with Crippen molar-refractivity contribution >= 4 is 38.5 Å². The number of aryl methyl sites for hydroxylation is 1. The third kappa shape index (κ3) is 2.95. The zero-order valence-corrected chi connectivity index (χ0v) is 12.8. The maximum Gasteiger partial charge on any atom is 0.230 e. The van der Waals surface area contributed by atoms with Gasteiger partial charge < -0.3 is 9.84 Å². The van der Waals surface area contributed by atoms with Gasteiger partial charge in [-0.1, -0.05) is 17.3 Å². The standard InChI is InChI=1S/C15H12BrN3O2/c1-9-11(6-7-14(16)17-9)18-15(20)8-12-10-4-2-3-5-13(10)21-19-12/h2-7H,8H2,1H3,(H,18,20). The highest BCUT2D eigenvalue weighted by molar-refractivity contribution is 9.10. The van der Waals surface area contributed by atoms with E-state index >= 15 is 0 Å². The summed E-state index contributed by atoms with van der Waals surface area (Å²) < 4.78 is 5.93. The molecule has 0 atom stereocenters. The Balaban J connectivity index is 1.77. The van der Waals surface area contributed by atoms with Gasteiger partial charge in [0.15, 0.2) is 5.58 Å². The van der Waals surface area contributed by atoms with E-state index in [-0.39, 0.29) is 12.3 Å². The molecule has 0 saturated carbocycles. The lowest BCUT2D eigenvalue weighted by Gasteiger charge is -2.07. The molecule has 0 fully saturated rings. The minimum absolute atomic E-state index is 0.152. The fourth-order valence-electron chi connectivity index (χ4n) is 2.07. The number of hydrogen-bond donors (Lipinski definition) is 1. The van der Waals surface area contributed by atoms with Crippen LogP contribution < -0.4 is 5.32 Å². The van der Waals surface area contributed by atoms with E-state index in [0.29, 0.717) is 17.0 Å². The second kappa shape index (κ2) is 5.65. The van der Waals surface area contributed by atoms with Crippen LogP contribution in [0, 0.1) is 6.92 Å². The summed E-state index contributed by atoms with van der Waals surface area (Å²) in [4.78, 5) is 16.4. The molecule has 2 heterocycles. The van der Waals surface area contributed by atoms with E-state index in [1.54, 1.807) is 6.07 Å². The number of amides is 1. The average molecular weight is 346 g/mol. The van der Waals surface area contributed by atoms with Crippen LogP contribution in [0.25, 0.3) is 11.0 Å². The van der Waals surface area contributed by atoms with Gasteiger partial charge in [0.2, 0.25) is 5.91 Å². The lowest BCUT2D eigenvalue weighted by Crippen LogP contribution is -2.15. The van der Waals surface area contributed by atoms with E-state index in [1.807, 2.05) is 37.3 Å². The molecule has 1 amide bonds. The molecule has 1 aromatic carbocycles. The van der Waals surface area contributed by atoms with Crippen LogP contribution >= 0.6 is 15.9 Å². The van der Waals surface area contributed by atoms with E-state index in [4.69, 9.17) is 4.52 Å². The minimum Gasteiger partial charge on any atom is -0.356 e. The van der Waals surface area contributed by atoms with E-state index in [1.165, 1.54) is 0 Å². The van der Waals surface area contributed by atoms with E-state index in [0.717, 1.165) is 15.7 Å². The smallest absolute Gasteiger partial charge is 0.230 e. The monoisotopic (exact) mass is 345 g/mol. The molecule has 0 saturated heterocycles. The number of para-hydroxylation sites is 1. The molecular weight excluding hydrogens is 334 g/mol. The van der Waals surface area contributed by atoms with E-state index < -0.39 is 0 Å². The van der Waals surface area contributed by atoms with Gasteiger partial charge in [-0.05, 0) is 47.1 Å². The Morgan fingerprint density at radius 2 is 2.10 bits per heavy atom. The quantitative estimate of drug-likeness (QED) is 0.738. The summed E-state index contributed by atoms with van der Waals surface area (Å²) in [5, 5.41) is 7.65. The van der Waals surface area contributed by atoms with Gasteiger partial charge >= 0.3 is 0 Å². The molecule has 1 N–H and O–H groups in total. The van der Waals surface area contributed by atoms with E-state index in [2.05, 4.69) is 31.4 Å². The number of carbonyl (C=O) groups excluding carboxylic acids is 1. The second-order valence-corrected chi connectivity index (χ2v) is 5.43. The normalized spacial score (nSPS) is 10.8. The van der Waals surface area contributed by atoms with Crippen molar-refractivity contribution in [2.24, 2.45) is 0 Å². The Kier molecular flexibility index (Phi) is 3.70. The summed E-state index contributed by atoms with van der Waals surface area (Å²) in [5.41, 5.74) is 2.76. The van der Waals surface area contributed by atoms with Crippen LogP contribution in [-0.2, 0) is 11.2 Å². The highest BCUT2D eigenvalue weighted by Gasteiger charge is 2.13. The summed E-state index contributed by atoms with van der Waals surface area (Å²) >= 11 is 3.29. The Morgan fingerprint density at radius 1 is 1.29 bits per heavy atom. The van der Waals surface area contributed by atoms with Gasteiger partial charge in [0.05, 0.1) is 17.8 Å². The highest BCUT2D eigenvalue weighted by atomic mass is 79.9. The van der Waals surface area contributed by atoms with Gasteiger partial charge in [0.1, 0.15) is 10.3 Å². The number of rotatable bonds is 3. The van der Waals surface area contributed by atoms with Crippen molar-refractivity contribution in [3.8, 4) is 0 Å². The first-order valence-corrected chi connectivity index (χ1v) is 7.19. The molecule has 0 aliphatic carbocycles. The number of pyridine rings is 1. The van der Waals surface area contributed by atoms with Gasteiger partial charge in [-0.2, -0.15) is 0 Å². The molecule has 0 radical (unpaired) electrons. The Labute approximate surface area is 129 Å². The molecule has 21 heavy (non-hydrogen) atoms. The highest BCUT2D eigenvalue weighted by Crippen LogP contribution is 2.20. The Morgan fingerprint density at radius 3 is 2.90 bits per heavy atom. The summed E-state index contributed by atoms with van der Waals surface area (Å²) in [7, 11) is 0. The largest absolute Gasteiger partial charge is 0.356 e. The van der Waals surface area contributed by atoms with Crippen molar-refractivity contribution in [3.05, 3.63) is 52.4 Å². The number of anilines is 1. The lowest BCUT2D eigenvalue weighted by atomic mass is 10.1. The molecule has 0 aliphatic rings. The fourth-order valence-corrected chi connectivity index (χ4v) is 2.47. The molecular formula is C15H12BrN3O2. The fraction of sp³-hybridized carbons (Fsp3) is 0.133. The molecule has 106 valence electrons. The first-order valence-electron chi connectivity index (χ1n) is 6.40. The number of nitrogens with one attached hydrogen (secondary N) is 1. The Bertz CT molecular complexity index is 814. The lowest BCUT2D eigenvalue weighted by molar-refractivity contribution is -0.115. The minimum atomic E-state index is -0.152. The summed E-state index contributed by atoms with van der Waals surface area (Å²) in [6.07, 6.45) is 0.159. The second-order valence-electron chi connectivity index (χ2n) is 4.62. The van der Waals surface area contributed by atoms with Crippen LogP contribution in [0.15, 0.2) is 45.5 Å². The SMILES string of the molecule is Cc1nc(Br)ccc1NC(=O)Cc1noc2ccccc12. The predicted octanol–water partition coefficient (Wildman–Crippen LogP) is 3.47. The number of aromatic nitrogens is 2. The third-order valence-electron chi connectivity index (χ3n) is 3.11. The van der Waals surface area contributed by atoms with Crippen LogP contribution in [0.1, 0.15) is 11.4 Å². The molecule has 0 bridgehead atoms. The van der Waals surface area contributed by atoms with Crippen LogP contribution in [0.4, 0.5) is 5.69 Å². The van der Waals surface area contributed by atoms with Crippen LogP contribution in [-0.4, -0.2) is 16.0 Å². The molecule has 0 unspecified atom stereocenters. The molecule has 3 rings (SSSR count). The van der Waals surface area contributed by atoms with Gasteiger partial charge in [0, 0.05) is 5.39 Å². The maximum absolute atomic E-state index is 12.1. The number of halogens is 1. The molecule has 2 aromatic heterocycles. The predicted molar refractivity (Wildman–Crippen MR) is 83.0 cm³/mol. The van der Waals surface area contributed by atoms with Crippen LogP contribution in [0.2, 0.25) is 0 Å². The van der Waals surface area contributed by atoms with Crippen molar-refractivity contribution in [2.75, 3.05) is 5.32 Å². The number of carbonyl (C=O) groups is 1. The molecule has 0 spiro atoms. The first-order chi connectivity index (χ1) is 10.1. The van der Waals surface area contributed by atoms with Crippen molar-refractivity contribution in [2.45, 2.75) is 13.3 Å². The summed E-state index contributed by atoms with van der Waals surface area (Å²) in [5.74, 6) is -0.152. The van der Waals surface area contributed by atoms with Crippen molar-refractivity contribution in [1.29, 1.82) is 0 Å². The van der Waals surface area contributed by atoms with Gasteiger partial charge in [-0.25, -0.2) is 4.98 Å². The first kappa shape index (κ1) is 13.8. The van der Waals surface area contributed by atoms with Crippen molar-refractivity contribution in [3.63, 3.8) is 0 Å². The molecule has 0 aliphatic heterocycles. The topological polar surface area (TPSA) is 68.0 Å². The summed E-state index contributed by atoms with van der Waals surface area (Å²) in [6.45, 7) is 1.84. The molecule has 3 aromatic rings. The number of nitrogens with zero attached hydrogens (tertiary/aromatic N) is 2. The number of fused-ring (bicyclic) bond motifs is 1. The zero-order valence-electron chi connectivity index (χ0n) is 11.3. The molecule has 6 heteroatoms. The molecule has 5 nitrogen and oxygen atoms in total. The Hall–Kier alpha value is -2.21. The van der Waals surface area contributed by atoms with Gasteiger partial charge in [0.25, 0.3) is 0 Å². The maximum atomic E-state index is 12.1. The van der Waals surface area contributed by atoms with Gasteiger partial charge in [-0.3, -0.25) is 4.79 Å². The van der Waals surface area contributed by atoms with Crippen LogP contribution in [0.5, 0.6) is 0 Å². The van der Waals surface area contributed by atoms with Crippen molar-refractivity contribution in [1.82, 2.24) is 10.1 Å². The summed E-state index contributed by atoms with van der Waals surface area (Å²) in [6, 6.07) is 11.1. The number of benzene rings is 1. The number of hydrogen-bond acceptors (Lipinski definition) is 4. The van der Waals surface area contributed by atoms with E-state index in [9.17, 15) is 4.79 Å². The average Bonchev–Trinajstić information content (AvgIpc) is 2.85.